The van der Waals surface area contributed by atoms with E-state index in [0.29, 0.717) is 28.8 Å². The highest BCUT2D eigenvalue weighted by Crippen LogP contribution is 2.38. The van der Waals surface area contributed by atoms with E-state index in [1.807, 2.05) is 12.1 Å². The van der Waals surface area contributed by atoms with Gasteiger partial charge in [-0.05, 0) is 44.2 Å². The minimum absolute atomic E-state index is 0.0178. The molecule has 148 valence electrons. The molecule has 28 heavy (non-hydrogen) atoms. The third kappa shape index (κ3) is 3.93. The van der Waals surface area contributed by atoms with Crippen molar-refractivity contribution in [1.29, 1.82) is 0 Å². The van der Waals surface area contributed by atoms with Gasteiger partial charge in [-0.1, -0.05) is 37.1 Å². The van der Waals surface area contributed by atoms with Gasteiger partial charge in [0.15, 0.2) is 5.82 Å². The van der Waals surface area contributed by atoms with Crippen molar-refractivity contribution in [2.45, 2.75) is 58.0 Å². The van der Waals surface area contributed by atoms with Gasteiger partial charge in [-0.3, -0.25) is 9.59 Å². The number of amides is 2. The molecule has 0 unspecified atom stereocenters. The quantitative estimate of drug-likeness (QED) is 0.829. The number of aromatic nitrogens is 2. The number of aryl methyl sites for hydroxylation is 1. The molecule has 2 aliphatic carbocycles. The van der Waals surface area contributed by atoms with Crippen LogP contribution in [0.4, 0.5) is 0 Å². The van der Waals surface area contributed by atoms with Crippen LogP contribution in [0, 0.1) is 18.8 Å². The Labute approximate surface area is 164 Å². The number of carbonyl (C=O) groups excluding carboxylic acids is 2. The number of benzene rings is 1. The number of carbonyl (C=O) groups is 2. The molecule has 0 aliphatic heterocycles. The second kappa shape index (κ2) is 7.73. The third-order valence-electron chi connectivity index (χ3n) is 5.79. The lowest BCUT2D eigenvalue weighted by Crippen LogP contribution is -2.53. The van der Waals surface area contributed by atoms with E-state index in [1.165, 1.54) is 0 Å². The summed E-state index contributed by atoms with van der Waals surface area (Å²) < 4.78 is 5.25. The van der Waals surface area contributed by atoms with Crippen molar-refractivity contribution in [2.75, 3.05) is 0 Å². The molecule has 0 bridgehead atoms. The van der Waals surface area contributed by atoms with Crippen LogP contribution in [0.1, 0.15) is 55.2 Å². The van der Waals surface area contributed by atoms with Gasteiger partial charge in [0.1, 0.15) is 0 Å². The molecule has 0 spiro atoms. The van der Waals surface area contributed by atoms with Crippen molar-refractivity contribution in [2.24, 2.45) is 11.8 Å². The summed E-state index contributed by atoms with van der Waals surface area (Å²) in [5.74, 6) is 1.41. The van der Waals surface area contributed by atoms with Crippen LogP contribution in [0.5, 0.6) is 0 Å². The highest BCUT2D eigenvalue weighted by molar-refractivity contribution is 6.00. The largest absolute Gasteiger partial charge is 0.351 e. The molecule has 7 nitrogen and oxygen atoms in total. The predicted octanol–water partition coefficient (Wildman–Crippen LogP) is 2.86. The summed E-state index contributed by atoms with van der Waals surface area (Å²) >= 11 is 0. The standard InChI is InChI=1S/C21H26N4O3/c1-12-11-16(12)20(27)24-18-10-6-5-9-17(18)23-19(26)14-7-3-4-8-15(14)21-22-13(2)25-28-21/h3-4,7-8,12,16-18H,5-6,9-11H2,1-2H3,(H,23,26)(H,24,27)/t12-,16-,17+,18+/m0/s1. The summed E-state index contributed by atoms with van der Waals surface area (Å²) in [4.78, 5) is 29.6. The molecule has 4 rings (SSSR count). The minimum Gasteiger partial charge on any atom is -0.351 e. The summed E-state index contributed by atoms with van der Waals surface area (Å²) in [6.07, 6.45) is 4.82. The Bertz CT molecular complexity index is 878. The van der Waals surface area contributed by atoms with Crippen molar-refractivity contribution in [3.63, 3.8) is 0 Å². The molecule has 0 saturated heterocycles. The lowest BCUT2D eigenvalue weighted by Gasteiger charge is -2.33. The Morgan fingerprint density at radius 3 is 2.43 bits per heavy atom. The van der Waals surface area contributed by atoms with E-state index in [2.05, 4.69) is 27.7 Å². The molecule has 2 N–H and O–H groups in total. The van der Waals surface area contributed by atoms with Crippen LogP contribution < -0.4 is 10.6 Å². The summed E-state index contributed by atoms with van der Waals surface area (Å²) in [7, 11) is 0. The molecule has 1 aromatic carbocycles. The average Bonchev–Trinajstić information content (AvgIpc) is 3.27. The number of hydrogen-bond acceptors (Lipinski definition) is 5. The number of nitrogens with zero attached hydrogens (tertiary/aromatic N) is 2. The van der Waals surface area contributed by atoms with Crippen LogP contribution in [0.2, 0.25) is 0 Å². The van der Waals surface area contributed by atoms with E-state index < -0.39 is 0 Å². The molecule has 1 heterocycles. The zero-order chi connectivity index (χ0) is 19.7. The highest BCUT2D eigenvalue weighted by Gasteiger charge is 2.41. The normalized spacial score (nSPS) is 26.5. The fourth-order valence-corrected chi connectivity index (χ4v) is 3.97. The zero-order valence-electron chi connectivity index (χ0n) is 16.3. The number of nitrogens with one attached hydrogen (secondary N) is 2. The fraction of sp³-hybridized carbons (Fsp3) is 0.524. The first-order chi connectivity index (χ1) is 13.5. The maximum atomic E-state index is 13.0. The molecule has 2 saturated carbocycles. The lowest BCUT2D eigenvalue weighted by atomic mass is 9.89. The molecule has 2 aliphatic rings. The van der Waals surface area contributed by atoms with Gasteiger partial charge in [0.05, 0.1) is 11.1 Å². The maximum absolute atomic E-state index is 13.0. The molecular formula is C21H26N4O3. The Morgan fingerprint density at radius 1 is 1.11 bits per heavy atom. The average molecular weight is 382 g/mol. The summed E-state index contributed by atoms with van der Waals surface area (Å²) in [6.45, 7) is 3.84. The van der Waals surface area contributed by atoms with Gasteiger partial charge >= 0.3 is 0 Å². The van der Waals surface area contributed by atoms with Gasteiger partial charge in [-0.15, -0.1) is 0 Å². The summed E-state index contributed by atoms with van der Waals surface area (Å²) in [5, 5.41) is 10.1. The fourth-order valence-electron chi connectivity index (χ4n) is 3.97. The summed E-state index contributed by atoms with van der Waals surface area (Å²) in [5.41, 5.74) is 1.11. The topological polar surface area (TPSA) is 97.1 Å². The van der Waals surface area contributed by atoms with E-state index >= 15 is 0 Å². The first-order valence-corrected chi connectivity index (χ1v) is 10.0. The molecule has 2 amide bonds. The van der Waals surface area contributed by atoms with E-state index in [9.17, 15) is 9.59 Å². The molecule has 2 fully saturated rings. The van der Waals surface area contributed by atoms with Crippen molar-refractivity contribution in [3.05, 3.63) is 35.7 Å². The van der Waals surface area contributed by atoms with E-state index in [4.69, 9.17) is 4.52 Å². The van der Waals surface area contributed by atoms with Crippen LogP contribution in [-0.2, 0) is 4.79 Å². The van der Waals surface area contributed by atoms with Crippen molar-refractivity contribution >= 4 is 11.8 Å². The van der Waals surface area contributed by atoms with Gasteiger partial charge in [0.25, 0.3) is 11.8 Å². The second-order valence-corrected chi connectivity index (χ2v) is 7.99. The zero-order valence-corrected chi connectivity index (χ0v) is 16.3. The van der Waals surface area contributed by atoms with Gasteiger partial charge in [-0.2, -0.15) is 4.98 Å². The number of hydrogen-bond donors (Lipinski definition) is 2. The lowest BCUT2D eigenvalue weighted by molar-refractivity contribution is -0.123. The predicted molar refractivity (Wildman–Crippen MR) is 103 cm³/mol. The SMILES string of the molecule is Cc1noc(-c2ccccc2C(=O)N[C@@H]2CCCC[C@H]2NC(=O)[C@H]2C[C@@H]2C)n1. The summed E-state index contributed by atoms with van der Waals surface area (Å²) in [6, 6.07) is 7.12. The van der Waals surface area contributed by atoms with Crippen LogP contribution >= 0.6 is 0 Å². The van der Waals surface area contributed by atoms with Crippen molar-refractivity contribution in [3.8, 4) is 11.5 Å². The molecule has 1 aromatic heterocycles. The van der Waals surface area contributed by atoms with Crippen LogP contribution in [0.3, 0.4) is 0 Å². The molecule has 7 heteroatoms. The molecule has 0 radical (unpaired) electrons. The first kappa shape index (κ1) is 18.7. The second-order valence-electron chi connectivity index (χ2n) is 7.99. The van der Waals surface area contributed by atoms with Crippen molar-refractivity contribution < 1.29 is 14.1 Å². The molecule has 2 aromatic rings. The maximum Gasteiger partial charge on any atom is 0.258 e. The van der Waals surface area contributed by atoms with Crippen molar-refractivity contribution in [1.82, 2.24) is 20.8 Å². The monoisotopic (exact) mass is 382 g/mol. The Morgan fingerprint density at radius 2 is 1.79 bits per heavy atom. The van der Waals surface area contributed by atoms with Gasteiger partial charge in [-0.25, -0.2) is 0 Å². The Balaban J connectivity index is 1.48. The highest BCUT2D eigenvalue weighted by atomic mass is 16.5. The van der Waals surface area contributed by atoms with E-state index in [0.717, 1.165) is 32.1 Å². The smallest absolute Gasteiger partial charge is 0.258 e. The molecule has 4 atom stereocenters. The Kier molecular flexibility index (Phi) is 5.15. The molecular weight excluding hydrogens is 356 g/mol. The van der Waals surface area contributed by atoms with Crippen LogP contribution in [-0.4, -0.2) is 34.0 Å². The number of rotatable bonds is 5. The van der Waals surface area contributed by atoms with Gasteiger partial charge < -0.3 is 15.2 Å². The van der Waals surface area contributed by atoms with E-state index in [-0.39, 0.29) is 29.8 Å². The first-order valence-electron chi connectivity index (χ1n) is 10.0. The Hall–Kier alpha value is -2.70. The van der Waals surface area contributed by atoms with Gasteiger partial charge in [0, 0.05) is 18.0 Å². The van der Waals surface area contributed by atoms with E-state index in [1.54, 1.807) is 19.1 Å². The van der Waals surface area contributed by atoms with Crippen LogP contribution in [0.15, 0.2) is 28.8 Å². The minimum atomic E-state index is -0.183. The van der Waals surface area contributed by atoms with Gasteiger partial charge in [0.2, 0.25) is 5.91 Å². The third-order valence-corrected chi connectivity index (χ3v) is 5.79. The van der Waals surface area contributed by atoms with Crippen LogP contribution in [0.25, 0.3) is 11.5 Å².